The van der Waals surface area contributed by atoms with E-state index in [1.165, 1.54) is 16.4 Å². The van der Waals surface area contributed by atoms with Gasteiger partial charge in [0.25, 0.3) is 20.0 Å². The average molecular weight is 429 g/mol. The number of fused-ring (bicyclic) bond motifs is 1. The summed E-state index contributed by atoms with van der Waals surface area (Å²) < 4.78 is 55.5. The van der Waals surface area contributed by atoms with Gasteiger partial charge in [-0.3, -0.25) is 9.03 Å². The topological polar surface area (TPSA) is 83.6 Å². The van der Waals surface area contributed by atoms with E-state index in [0.29, 0.717) is 24.3 Å². The summed E-state index contributed by atoms with van der Waals surface area (Å²) in [6.07, 6.45) is 1.44. The van der Waals surface area contributed by atoms with Crippen LogP contribution in [0.1, 0.15) is 12.0 Å². The molecule has 0 amide bonds. The Morgan fingerprint density at radius 2 is 1.38 bits per heavy atom. The van der Waals surface area contributed by atoms with Crippen molar-refractivity contribution in [1.82, 2.24) is 0 Å². The number of nitrogens with zero attached hydrogens (tertiary/aromatic N) is 1. The third kappa shape index (κ3) is 3.86. The fourth-order valence-corrected chi connectivity index (χ4v) is 6.01. The lowest BCUT2D eigenvalue weighted by molar-refractivity contribution is 0.586. The predicted octanol–water partition coefficient (Wildman–Crippen LogP) is 3.63. The highest BCUT2D eigenvalue weighted by Crippen LogP contribution is 2.34. The van der Waals surface area contributed by atoms with Crippen LogP contribution in [0.15, 0.2) is 88.7 Å². The number of sulfonamides is 2. The van der Waals surface area contributed by atoms with Crippen molar-refractivity contribution in [2.45, 2.75) is 22.6 Å². The maximum absolute atomic E-state index is 13.2. The van der Waals surface area contributed by atoms with Crippen LogP contribution in [0.25, 0.3) is 0 Å². The van der Waals surface area contributed by atoms with Crippen LogP contribution in [-0.4, -0.2) is 23.4 Å². The van der Waals surface area contributed by atoms with Gasteiger partial charge in [-0.25, -0.2) is 16.8 Å². The molecule has 6 nitrogen and oxygen atoms in total. The van der Waals surface area contributed by atoms with E-state index in [1.807, 2.05) is 0 Å². The molecule has 0 saturated carbocycles. The molecule has 0 aliphatic carbocycles. The Labute approximate surface area is 170 Å². The molecule has 0 unspecified atom stereocenters. The highest BCUT2D eigenvalue weighted by molar-refractivity contribution is 7.93. The van der Waals surface area contributed by atoms with E-state index in [-0.39, 0.29) is 9.79 Å². The van der Waals surface area contributed by atoms with Gasteiger partial charge in [-0.05, 0) is 54.8 Å². The lowest BCUT2D eigenvalue weighted by Crippen LogP contribution is -2.35. The molecule has 0 atom stereocenters. The van der Waals surface area contributed by atoms with E-state index in [0.717, 1.165) is 12.0 Å². The Bertz CT molecular complexity index is 1230. The number of nitrogens with one attached hydrogen (secondary N) is 1. The average Bonchev–Trinajstić information content (AvgIpc) is 2.74. The zero-order chi connectivity index (χ0) is 20.5. The van der Waals surface area contributed by atoms with Gasteiger partial charge in [0.1, 0.15) is 0 Å². The monoisotopic (exact) mass is 428 g/mol. The standard InChI is InChI=1S/C21H20N2O4S2/c24-28(25,19-9-3-1-4-10-19)22-18-14-13-17-8-7-15-23(21(17)16-18)29(26,27)20-11-5-2-6-12-20/h1-6,9-14,16,22H,7-8,15H2. The van der Waals surface area contributed by atoms with Crippen LogP contribution in [0, 0.1) is 0 Å². The van der Waals surface area contributed by atoms with E-state index >= 15 is 0 Å². The number of anilines is 2. The Morgan fingerprint density at radius 1 is 0.759 bits per heavy atom. The molecule has 0 fully saturated rings. The van der Waals surface area contributed by atoms with Crippen molar-refractivity contribution in [3.05, 3.63) is 84.4 Å². The van der Waals surface area contributed by atoms with Crippen molar-refractivity contribution >= 4 is 31.4 Å². The van der Waals surface area contributed by atoms with Gasteiger partial charge in [-0.15, -0.1) is 0 Å². The lowest BCUT2D eigenvalue weighted by Gasteiger charge is -2.31. The molecule has 1 N–H and O–H groups in total. The smallest absolute Gasteiger partial charge is 0.264 e. The summed E-state index contributed by atoms with van der Waals surface area (Å²) in [7, 11) is -7.49. The summed E-state index contributed by atoms with van der Waals surface area (Å²) in [5.41, 5.74) is 1.70. The van der Waals surface area contributed by atoms with E-state index in [1.54, 1.807) is 66.7 Å². The summed E-state index contributed by atoms with van der Waals surface area (Å²) in [4.78, 5) is 0.356. The van der Waals surface area contributed by atoms with Gasteiger partial charge < -0.3 is 0 Å². The summed E-state index contributed by atoms with van der Waals surface area (Å²) in [6, 6.07) is 21.3. The van der Waals surface area contributed by atoms with Gasteiger partial charge in [-0.2, -0.15) is 0 Å². The minimum absolute atomic E-state index is 0.145. The molecular weight excluding hydrogens is 408 g/mol. The van der Waals surface area contributed by atoms with Crippen LogP contribution in [-0.2, 0) is 26.5 Å². The fourth-order valence-electron chi connectivity index (χ4n) is 3.39. The van der Waals surface area contributed by atoms with E-state index in [4.69, 9.17) is 0 Å². The Kier molecular flexibility index (Phi) is 5.06. The summed E-state index contributed by atoms with van der Waals surface area (Å²) in [5, 5.41) is 0. The zero-order valence-electron chi connectivity index (χ0n) is 15.5. The van der Waals surface area contributed by atoms with Crippen LogP contribution >= 0.6 is 0 Å². The minimum Gasteiger partial charge on any atom is -0.280 e. The van der Waals surface area contributed by atoms with Gasteiger partial charge in [0.05, 0.1) is 21.2 Å². The second-order valence-electron chi connectivity index (χ2n) is 6.76. The normalized spacial score (nSPS) is 14.3. The maximum atomic E-state index is 13.2. The highest BCUT2D eigenvalue weighted by atomic mass is 32.2. The van der Waals surface area contributed by atoms with Gasteiger partial charge in [-0.1, -0.05) is 42.5 Å². The zero-order valence-corrected chi connectivity index (χ0v) is 17.2. The molecule has 3 aromatic carbocycles. The second-order valence-corrected chi connectivity index (χ2v) is 10.3. The lowest BCUT2D eigenvalue weighted by atomic mass is 10.0. The number of rotatable bonds is 5. The molecule has 1 aliphatic rings. The molecular formula is C21H20N2O4S2. The molecule has 1 aliphatic heterocycles. The van der Waals surface area contributed by atoms with Crippen LogP contribution in [0.3, 0.4) is 0 Å². The number of benzene rings is 3. The Balaban J connectivity index is 1.71. The summed E-state index contributed by atoms with van der Waals surface area (Å²) in [6.45, 7) is 0.346. The molecule has 0 spiro atoms. The molecule has 0 aromatic heterocycles. The van der Waals surface area contributed by atoms with Crippen LogP contribution in [0.4, 0.5) is 11.4 Å². The Hall–Kier alpha value is -2.84. The van der Waals surface area contributed by atoms with Gasteiger partial charge >= 0.3 is 0 Å². The second kappa shape index (κ2) is 7.53. The van der Waals surface area contributed by atoms with Crippen molar-refractivity contribution in [2.24, 2.45) is 0 Å². The first kappa shape index (κ1) is 19.5. The highest BCUT2D eigenvalue weighted by Gasteiger charge is 2.29. The van der Waals surface area contributed by atoms with Crippen molar-refractivity contribution in [1.29, 1.82) is 0 Å². The predicted molar refractivity (Wildman–Crippen MR) is 113 cm³/mol. The SMILES string of the molecule is O=S(=O)(Nc1ccc2c(c1)N(S(=O)(=O)c1ccccc1)CCC2)c1ccccc1. The summed E-state index contributed by atoms with van der Waals surface area (Å²) >= 11 is 0. The van der Waals surface area contributed by atoms with Crippen LogP contribution < -0.4 is 9.03 Å². The van der Waals surface area contributed by atoms with Crippen molar-refractivity contribution in [3.8, 4) is 0 Å². The molecule has 29 heavy (non-hydrogen) atoms. The molecule has 8 heteroatoms. The van der Waals surface area contributed by atoms with Crippen molar-refractivity contribution < 1.29 is 16.8 Å². The maximum Gasteiger partial charge on any atom is 0.264 e. The molecule has 1 heterocycles. The van der Waals surface area contributed by atoms with E-state index in [2.05, 4.69) is 4.72 Å². The summed E-state index contributed by atoms with van der Waals surface area (Å²) in [5.74, 6) is 0. The van der Waals surface area contributed by atoms with E-state index in [9.17, 15) is 16.8 Å². The van der Waals surface area contributed by atoms with Crippen LogP contribution in [0.5, 0.6) is 0 Å². The molecule has 0 bridgehead atoms. The van der Waals surface area contributed by atoms with Gasteiger partial charge in [0, 0.05) is 6.54 Å². The molecule has 3 aromatic rings. The molecule has 0 radical (unpaired) electrons. The first-order valence-corrected chi connectivity index (χ1v) is 12.1. The van der Waals surface area contributed by atoms with Crippen LogP contribution in [0.2, 0.25) is 0 Å². The third-order valence-electron chi connectivity index (χ3n) is 4.80. The minimum atomic E-state index is -3.76. The first-order valence-electron chi connectivity index (χ1n) is 9.16. The molecule has 4 rings (SSSR count). The van der Waals surface area contributed by atoms with E-state index < -0.39 is 20.0 Å². The van der Waals surface area contributed by atoms with Crippen molar-refractivity contribution in [3.63, 3.8) is 0 Å². The number of hydrogen-bond acceptors (Lipinski definition) is 4. The largest absolute Gasteiger partial charge is 0.280 e. The fraction of sp³-hybridized carbons (Fsp3) is 0.143. The third-order valence-corrected chi connectivity index (χ3v) is 8.02. The number of hydrogen-bond donors (Lipinski definition) is 1. The molecule has 150 valence electrons. The van der Waals surface area contributed by atoms with Gasteiger partial charge in [0.2, 0.25) is 0 Å². The molecule has 0 saturated heterocycles. The first-order chi connectivity index (χ1) is 13.9. The van der Waals surface area contributed by atoms with Crippen molar-refractivity contribution in [2.75, 3.05) is 15.6 Å². The van der Waals surface area contributed by atoms with Gasteiger partial charge in [0.15, 0.2) is 0 Å². The number of aryl methyl sites for hydroxylation is 1. The quantitative estimate of drug-likeness (QED) is 0.673. The Morgan fingerprint density at radius 3 is 2.03 bits per heavy atom.